The molecule has 0 unspecified atom stereocenters. The highest BCUT2D eigenvalue weighted by Crippen LogP contribution is 2.15. The molecule has 2 aromatic heterocycles. The Morgan fingerprint density at radius 1 is 1.37 bits per heavy atom. The molecule has 2 aromatic rings. The van der Waals surface area contributed by atoms with Crippen molar-refractivity contribution in [2.24, 2.45) is 0 Å². The zero-order chi connectivity index (χ0) is 13.7. The second kappa shape index (κ2) is 5.99. The van der Waals surface area contributed by atoms with Crippen molar-refractivity contribution in [3.63, 3.8) is 0 Å². The highest BCUT2D eigenvalue weighted by molar-refractivity contribution is 6.07. The number of nitrogens with one attached hydrogen (secondary N) is 2. The molecular weight excluding hydrogens is 242 g/mol. The Hall–Kier alpha value is -2.37. The molecular formula is C13H17N5O. The van der Waals surface area contributed by atoms with Gasteiger partial charge in [-0.05, 0) is 19.9 Å². The van der Waals surface area contributed by atoms with Crippen molar-refractivity contribution < 1.29 is 4.79 Å². The maximum absolute atomic E-state index is 12.2. The molecule has 0 bridgehead atoms. The zero-order valence-electron chi connectivity index (χ0n) is 11.1. The lowest BCUT2D eigenvalue weighted by molar-refractivity contribution is 0.102. The van der Waals surface area contributed by atoms with Crippen LogP contribution in [0.15, 0.2) is 30.9 Å². The Bertz CT molecular complexity index is 564. The number of amides is 1. The number of rotatable bonds is 5. The van der Waals surface area contributed by atoms with Gasteiger partial charge in [-0.1, -0.05) is 0 Å². The smallest absolute Gasteiger partial charge is 0.259 e. The van der Waals surface area contributed by atoms with Crippen molar-refractivity contribution >= 4 is 17.3 Å². The summed E-state index contributed by atoms with van der Waals surface area (Å²) in [5.41, 5.74) is 1.98. The molecule has 0 saturated carbocycles. The number of carbonyl (C=O) groups is 1. The van der Waals surface area contributed by atoms with Crippen LogP contribution in [0.1, 0.15) is 24.2 Å². The summed E-state index contributed by atoms with van der Waals surface area (Å²) in [6.07, 6.45) is 6.63. The molecule has 0 aromatic carbocycles. The topological polar surface area (TPSA) is 71.8 Å². The second-order valence-corrected chi connectivity index (χ2v) is 3.99. The highest BCUT2D eigenvalue weighted by atomic mass is 16.1. The molecule has 0 aliphatic heterocycles. The number of aromatic nitrogens is 3. The van der Waals surface area contributed by atoms with E-state index in [4.69, 9.17) is 0 Å². The van der Waals surface area contributed by atoms with Crippen LogP contribution in [-0.4, -0.2) is 27.2 Å². The lowest BCUT2D eigenvalue weighted by atomic mass is 10.2. The van der Waals surface area contributed by atoms with Crippen LogP contribution in [0.3, 0.4) is 0 Å². The van der Waals surface area contributed by atoms with Gasteiger partial charge in [0.15, 0.2) is 0 Å². The minimum absolute atomic E-state index is 0.195. The number of hydrogen-bond donors (Lipinski definition) is 2. The van der Waals surface area contributed by atoms with Crippen molar-refractivity contribution in [3.8, 4) is 0 Å². The lowest BCUT2D eigenvalue weighted by Crippen LogP contribution is -2.14. The number of hydrogen-bond acceptors (Lipinski definition) is 4. The number of pyridine rings is 1. The fourth-order valence-corrected chi connectivity index (χ4v) is 1.72. The van der Waals surface area contributed by atoms with Gasteiger partial charge >= 0.3 is 0 Å². The molecule has 2 heterocycles. The number of anilines is 2. The molecule has 0 radical (unpaired) electrons. The lowest BCUT2D eigenvalue weighted by Gasteiger charge is -2.09. The summed E-state index contributed by atoms with van der Waals surface area (Å²) in [6, 6.07) is 1.79. The minimum atomic E-state index is -0.195. The first kappa shape index (κ1) is 13.1. The summed E-state index contributed by atoms with van der Waals surface area (Å²) < 4.78 is 1.75. The molecule has 0 aliphatic rings. The molecule has 0 saturated heterocycles. The van der Waals surface area contributed by atoms with Crippen LogP contribution in [-0.2, 0) is 6.54 Å². The van der Waals surface area contributed by atoms with E-state index in [0.717, 1.165) is 18.8 Å². The molecule has 0 aliphatic carbocycles. The van der Waals surface area contributed by atoms with Crippen LogP contribution in [0, 0.1) is 0 Å². The van der Waals surface area contributed by atoms with Crippen LogP contribution in [0.2, 0.25) is 0 Å². The molecule has 100 valence electrons. The third kappa shape index (κ3) is 3.09. The van der Waals surface area contributed by atoms with E-state index in [1.165, 1.54) is 0 Å². The largest absolute Gasteiger partial charge is 0.385 e. The van der Waals surface area contributed by atoms with Crippen molar-refractivity contribution in [2.75, 3.05) is 17.2 Å². The first-order valence-electron chi connectivity index (χ1n) is 6.26. The molecule has 6 heteroatoms. The molecule has 0 fully saturated rings. The maximum Gasteiger partial charge on any atom is 0.259 e. The summed E-state index contributed by atoms with van der Waals surface area (Å²) in [6.45, 7) is 5.49. The Morgan fingerprint density at radius 3 is 2.89 bits per heavy atom. The van der Waals surface area contributed by atoms with Crippen LogP contribution >= 0.6 is 0 Å². The van der Waals surface area contributed by atoms with Crippen LogP contribution in [0.4, 0.5) is 11.4 Å². The number of carbonyl (C=O) groups excluding carboxylic acids is 1. The third-order valence-electron chi connectivity index (χ3n) is 2.65. The molecule has 6 nitrogen and oxygen atoms in total. The van der Waals surface area contributed by atoms with E-state index >= 15 is 0 Å². The van der Waals surface area contributed by atoms with Gasteiger partial charge in [-0.3, -0.25) is 14.5 Å². The van der Waals surface area contributed by atoms with E-state index < -0.39 is 0 Å². The normalized spacial score (nSPS) is 10.2. The Morgan fingerprint density at radius 2 is 2.21 bits per heavy atom. The van der Waals surface area contributed by atoms with E-state index in [-0.39, 0.29) is 5.91 Å². The maximum atomic E-state index is 12.2. The Labute approximate surface area is 111 Å². The van der Waals surface area contributed by atoms with E-state index in [1.54, 1.807) is 35.5 Å². The Kier molecular flexibility index (Phi) is 4.12. The quantitative estimate of drug-likeness (QED) is 0.861. The summed E-state index contributed by atoms with van der Waals surface area (Å²) in [5, 5.41) is 10.1. The average molecular weight is 259 g/mol. The van der Waals surface area contributed by atoms with E-state index in [1.807, 2.05) is 13.8 Å². The van der Waals surface area contributed by atoms with E-state index in [0.29, 0.717) is 11.3 Å². The molecule has 19 heavy (non-hydrogen) atoms. The molecule has 1 amide bonds. The highest BCUT2D eigenvalue weighted by Gasteiger charge is 2.12. The van der Waals surface area contributed by atoms with Crippen molar-refractivity contribution in [1.82, 2.24) is 14.8 Å². The average Bonchev–Trinajstić information content (AvgIpc) is 2.87. The van der Waals surface area contributed by atoms with Gasteiger partial charge in [0.05, 0.1) is 23.1 Å². The van der Waals surface area contributed by atoms with Gasteiger partial charge in [-0.2, -0.15) is 5.10 Å². The van der Waals surface area contributed by atoms with Gasteiger partial charge in [0.1, 0.15) is 0 Å². The fourth-order valence-electron chi connectivity index (χ4n) is 1.72. The molecule has 0 spiro atoms. The number of nitrogens with zero attached hydrogens (tertiary/aromatic N) is 3. The molecule has 0 atom stereocenters. The summed E-state index contributed by atoms with van der Waals surface area (Å²) >= 11 is 0. The molecule has 2 rings (SSSR count). The summed E-state index contributed by atoms with van der Waals surface area (Å²) in [4.78, 5) is 16.2. The first-order chi connectivity index (χ1) is 9.24. The van der Waals surface area contributed by atoms with Gasteiger partial charge in [-0.15, -0.1) is 0 Å². The Balaban J connectivity index is 2.15. The van der Waals surface area contributed by atoms with Crippen LogP contribution < -0.4 is 10.6 Å². The van der Waals surface area contributed by atoms with E-state index in [2.05, 4.69) is 20.7 Å². The van der Waals surface area contributed by atoms with Gasteiger partial charge in [0.2, 0.25) is 0 Å². The third-order valence-corrected chi connectivity index (χ3v) is 2.65. The predicted octanol–water partition coefficient (Wildman–Crippen LogP) is 1.98. The van der Waals surface area contributed by atoms with Gasteiger partial charge in [0, 0.05) is 31.7 Å². The van der Waals surface area contributed by atoms with Gasteiger partial charge in [0.25, 0.3) is 5.91 Å². The van der Waals surface area contributed by atoms with Gasteiger partial charge < -0.3 is 10.6 Å². The summed E-state index contributed by atoms with van der Waals surface area (Å²) in [5.74, 6) is -0.195. The first-order valence-corrected chi connectivity index (χ1v) is 6.26. The fraction of sp³-hybridized carbons (Fsp3) is 0.308. The summed E-state index contributed by atoms with van der Waals surface area (Å²) in [7, 11) is 0. The van der Waals surface area contributed by atoms with Crippen molar-refractivity contribution in [2.45, 2.75) is 20.4 Å². The monoisotopic (exact) mass is 259 g/mol. The molecule has 2 N–H and O–H groups in total. The van der Waals surface area contributed by atoms with Crippen LogP contribution in [0.5, 0.6) is 0 Å². The SMILES string of the molecule is CCNc1ccncc1C(=O)Nc1cnn(CC)c1. The van der Waals surface area contributed by atoms with Crippen LogP contribution in [0.25, 0.3) is 0 Å². The van der Waals surface area contributed by atoms with Gasteiger partial charge in [-0.25, -0.2) is 0 Å². The predicted molar refractivity (Wildman–Crippen MR) is 74.3 cm³/mol. The second-order valence-electron chi connectivity index (χ2n) is 3.99. The van der Waals surface area contributed by atoms with Crippen molar-refractivity contribution in [1.29, 1.82) is 0 Å². The number of aryl methyl sites for hydroxylation is 1. The zero-order valence-corrected chi connectivity index (χ0v) is 11.1. The standard InChI is InChI=1S/C13H17N5O/c1-3-15-12-5-6-14-8-11(12)13(19)17-10-7-16-18(4-2)9-10/h5-9H,3-4H2,1-2H3,(H,14,15)(H,17,19). The van der Waals surface area contributed by atoms with Crippen molar-refractivity contribution in [3.05, 3.63) is 36.4 Å². The minimum Gasteiger partial charge on any atom is -0.385 e. The van der Waals surface area contributed by atoms with E-state index in [9.17, 15) is 4.79 Å².